The highest BCUT2D eigenvalue weighted by Crippen LogP contribution is 2.08. The fourth-order valence-electron chi connectivity index (χ4n) is 1.50. The molecule has 0 radical (unpaired) electrons. The number of esters is 1. The van der Waals surface area contributed by atoms with Crippen LogP contribution >= 0.6 is 0 Å². The first-order valence-corrected chi connectivity index (χ1v) is 6.01. The number of rotatable bonds is 4. The molecule has 0 atom stereocenters. The summed E-state index contributed by atoms with van der Waals surface area (Å²) in [7, 11) is 0. The van der Waals surface area contributed by atoms with E-state index < -0.39 is 0 Å². The summed E-state index contributed by atoms with van der Waals surface area (Å²) in [5.41, 5.74) is 1.09. The van der Waals surface area contributed by atoms with E-state index in [0.29, 0.717) is 5.75 Å². The molecule has 0 aliphatic rings. The minimum absolute atomic E-state index is 0.385. The van der Waals surface area contributed by atoms with Crippen molar-refractivity contribution in [3.63, 3.8) is 0 Å². The summed E-state index contributed by atoms with van der Waals surface area (Å²) in [5, 5.41) is 0. The summed E-state index contributed by atoms with van der Waals surface area (Å²) in [5.74, 6) is 0.160. The van der Waals surface area contributed by atoms with E-state index in [-0.39, 0.29) is 5.97 Å². The minimum atomic E-state index is -0.385. The molecule has 0 spiro atoms. The monoisotopic (exact) mass is 250 g/mol. The topological polar surface area (TPSA) is 26.3 Å². The van der Waals surface area contributed by atoms with Gasteiger partial charge < -0.3 is 4.74 Å². The highest BCUT2D eigenvalue weighted by molar-refractivity contribution is 5.84. The zero-order valence-corrected chi connectivity index (χ0v) is 10.4. The zero-order chi connectivity index (χ0) is 13.3. The molecule has 0 bridgehead atoms. The van der Waals surface area contributed by atoms with Gasteiger partial charge in [-0.15, -0.1) is 0 Å². The molecule has 2 aromatic carbocycles. The van der Waals surface area contributed by atoms with Gasteiger partial charge in [0.25, 0.3) is 0 Å². The van der Waals surface area contributed by atoms with Gasteiger partial charge in [-0.25, -0.2) is 4.79 Å². The number of carbonyl (C=O) groups excluding carboxylic acids is 1. The van der Waals surface area contributed by atoms with Crippen LogP contribution in [-0.2, 0) is 4.79 Å². The number of hydrogen-bond acceptors (Lipinski definition) is 2. The van der Waals surface area contributed by atoms with Crippen LogP contribution in [0.5, 0.6) is 5.75 Å². The third kappa shape index (κ3) is 4.64. The average Bonchev–Trinajstić information content (AvgIpc) is 2.46. The number of ether oxygens (including phenoxy) is 1. The third-order valence-corrected chi connectivity index (χ3v) is 2.39. The lowest BCUT2D eigenvalue weighted by Gasteiger charge is -1.98. The normalized spacial score (nSPS) is 10.9. The van der Waals surface area contributed by atoms with E-state index in [1.807, 2.05) is 60.7 Å². The highest BCUT2D eigenvalue weighted by atomic mass is 16.5. The molecule has 2 nitrogen and oxygen atoms in total. The maximum atomic E-state index is 11.5. The van der Waals surface area contributed by atoms with E-state index in [1.54, 1.807) is 18.2 Å². The molecular weight excluding hydrogens is 236 g/mol. The standard InChI is InChI=1S/C17H14O2/c18-17(19-16-12-5-2-6-13-16)14-8-7-11-15-9-3-1-4-10-15/h1-14H/b11-7+,14-8?. The maximum Gasteiger partial charge on any atom is 0.336 e. The summed E-state index contributed by atoms with van der Waals surface area (Å²) < 4.78 is 5.11. The van der Waals surface area contributed by atoms with Gasteiger partial charge in [0.1, 0.15) is 5.75 Å². The molecule has 0 heterocycles. The zero-order valence-electron chi connectivity index (χ0n) is 10.4. The molecule has 2 heteroatoms. The molecule has 2 aromatic rings. The fraction of sp³-hybridized carbons (Fsp3) is 0. The van der Waals surface area contributed by atoms with Crippen LogP contribution in [0.25, 0.3) is 6.08 Å². The van der Waals surface area contributed by atoms with Crippen LogP contribution in [0.15, 0.2) is 78.9 Å². The first-order chi connectivity index (χ1) is 9.34. The van der Waals surface area contributed by atoms with Gasteiger partial charge in [0.05, 0.1) is 0 Å². The minimum Gasteiger partial charge on any atom is -0.423 e. The second-order valence-electron chi connectivity index (χ2n) is 3.86. The number of allylic oxidation sites excluding steroid dienone is 2. The summed E-state index contributed by atoms with van der Waals surface area (Å²) in [6.45, 7) is 0. The number of carbonyl (C=O) groups is 1. The molecule has 0 amide bonds. The molecule has 0 aliphatic heterocycles. The second-order valence-corrected chi connectivity index (χ2v) is 3.86. The Kier molecular flexibility index (Phi) is 4.71. The Bertz CT molecular complexity index is 569. The van der Waals surface area contributed by atoms with Crippen LogP contribution in [0.1, 0.15) is 5.56 Å². The summed E-state index contributed by atoms with van der Waals surface area (Å²) in [4.78, 5) is 11.5. The molecule has 0 unspecified atom stereocenters. The van der Waals surface area contributed by atoms with Crippen LogP contribution in [0, 0.1) is 0 Å². The van der Waals surface area contributed by atoms with Crippen molar-refractivity contribution in [2.24, 2.45) is 0 Å². The van der Waals surface area contributed by atoms with E-state index >= 15 is 0 Å². The van der Waals surface area contributed by atoms with Gasteiger partial charge in [0, 0.05) is 6.08 Å². The summed E-state index contributed by atoms with van der Waals surface area (Å²) >= 11 is 0. The van der Waals surface area contributed by atoms with Crippen LogP contribution in [0.3, 0.4) is 0 Å². The highest BCUT2D eigenvalue weighted by Gasteiger charge is 1.97. The quantitative estimate of drug-likeness (QED) is 0.356. The van der Waals surface area contributed by atoms with E-state index in [0.717, 1.165) is 5.56 Å². The van der Waals surface area contributed by atoms with Crippen molar-refractivity contribution in [2.45, 2.75) is 0 Å². The van der Waals surface area contributed by atoms with E-state index in [2.05, 4.69) is 0 Å². The van der Waals surface area contributed by atoms with Crippen molar-refractivity contribution in [1.29, 1.82) is 0 Å². The van der Waals surface area contributed by atoms with Gasteiger partial charge in [0.15, 0.2) is 0 Å². The molecule has 0 aromatic heterocycles. The Hall–Kier alpha value is -2.61. The van der Waals surface area contributed by atoms with Crippen molar-refractivity contribution in [3.8, 4) is 5.75 Å². The van der Waals surface area contributed by atoms with Gasteiger partial charge in [-0.05, 0) is 17.7 Å². The molecule has 0 fully saturated rings. The van der Waals surface area contributed by atoms with E-state index in [1.165, 1.54) is 6.08 Å². The first kappa shape index (κ1) is 12.8. The summed E-state index contributed by atoms with van der Waals surface area (Å²) in [6, 6.07) is 18.9. The summed E-state index contributed by atoms with van der Waals surface area (Å²) in [6.07, 6.45) is 6.79. The van der Waals surface area contributed by atoms with Crippen molar-refractivity contribution in [1.82, 2.24) is 0 Å². The van der Waals surface area contributed by atoms with Crippen molar-refractivity contribution in [3.05, 3.63) is 84.5 Å². The van der Waals surface area contributed by atoms with E-state index in [4.69, 9.17) is 4.74 Å². The van der Waals surface area contributed by atoms with Crippen LogP contribution < -0.4 is 4.74 Å². The lowest BCUT2D eigenvalue weighted by molar-refractivity contribution is -0.128. The van der Waals surface area contributed by atoms with Gasteiger partial charge in [-0.3, -0.25) is 0 Å². The Labute approximate surface area is 112 Å². The molecule has 0 saturated heterocycles. The predicted molar refractivity (Wildman–Crippen MR) is 76.7 cm³/mol. The number of para-hydroxylation sites is 1. The van der Waals surface area contributed by atoms with Crippen LogP contribution in [0.2, 0.25) is 0 Å². The van der Waals surface area contributed by atoms with Crippen molar-refractivity contribution < 1.29 is 9.53 Å². The Balaban J connectivity index is 1.86. The van der Waals surface area contributed by atoms with Gasteiger partial charge in [-0.1, -0.05) is 66.8 Å². The first-order valence-electron chi connectivity index (χ1n) is 6.01. The van der Waals surface area contributed by atoms with Crippen LogP contribution in [-0.4, -0.2) is 5.97 Å². The van der Waals surface area contributed by atoms with Gasteiger partial charge in [-0.2, -0.15) is 0 Å². The Morgan fingerprint density at radius 3 is 2.16 bits per heavy atom. The largest absolute Gasteiger partial charge is 0.423 e. The maximum absolute atomic E-state index is 11.5. The molecule has 0 saturated carbocycles. The SMILES string of the molecule is O=C(C=C/C=C/c1ccccc1)Oc1ccccc1. The lowest BCUT2D eigenvalue weighted by atomic mass is 10.2. The Morgan fingerprint density at radius 2 is 1.47 bits per heavy atom. The lowest BCUT2D eigenvalue weighted by Crippen LogP contribution is -2.02. The van der Waals surface area contributed by atoms with E-state index in [9.17, 15) is 4.79 Å². The van der Waals surface area contributed by atoms with Crippen molar-refractivity contribution >= 4 is 12.0 Å². The second kappa shape index (κ2) is 6.97. The molecule has 94 valence electrons. The molecule has 2 rings (SSSR count). The third-order valence-electron chi connectivity index (χ3n) is 2.39. The smallest absolute Gasteiger partial charge is 0.336 e. The van der Waals surface area contributed by atoms with Crippen LogP contribution in [0.4, 0.5) is 0 Å². The average molecular weight is 250 g/mol. The molecule has 0 aliphatic carbocycles. The molecular formula is C17H14O2. The van der Waals surface area contributed by atoms with Crippen molar-refractivity contribution in [2.75, 3.05) is 0 Å². The number of benzene rings is 2. The fourth-order valence-corrected chi connectivity index (χ4v) is 1.50. The Morgan fingerprint density at radius 1 is 0.842 bits per heavy atom. The van der Waals surface area contributed by atoms with Gasteiger partial charge >= 0.3 is 5.97 Å². The molecule has 19 heavy (non-hydrogen) atoms. The molecule has 0 N–H and O–H groups in total. The van der Waals surface area contributed by atoms with Gasteiger partial charge in [0.2, 0.25) is 0 Å². The number of hydrogen-bond donors (Lipinski definition) is 0. The predicted octanol–water partition coefficient (Wildman–Crippen LogP) is 3.86.